The summed E-state index contributed by atoms with van der Waals surface area (Å²) in [4.78, 5) is 9.66. The van der Waals surface area contributed by atoms with E-state index >= 15 is 0 Å². The summed E-state index contributed by atoms with van der Waals surface area (Å²) in [6.45, 7) is 11.8. The van der Waals surface area contributed by atoms with Crippen LogP contribution < -0.4 is 0 Å². The van der Waals surface area contributed by atoms with E-state index in [4.69, 9.17) is 4.52 Å². The first-order chi connectivity index (χ1) is 11.6. The highest BCUT2D eigenvalue weighted by molar-refractivity contribution is 5.19. The fourth-order valence-corrected chi connectivity index (χ4v) is 4.28. The SMILES string of the molecule is Cc1noc(C2CN(Cc3ccccc3)CC23CN(C(C)C)C3)n1. The molecule has 5 nitrogen and oxygen atoms in total. The first-order valence-electron chi connectivity index (χ1n) is 8.86. The van der Waals surface area contributed by atoms with Crippen molar-refractivity contribution >= 4 is 0 Å². The summed E-state index contributed by atoms with van der Waals surface area (Å²) in [6.07, 6.45) is 0. The summed E-state index contributed by atoms with van der Waals surface area (Å²) in [5.41, 5.74) is 1.63. The molecule has 0 amide bonds. The van der Waals surface area contributed by atoms with Crippen LogP contribution in [-0.2, 0) is 6.54 Å². The fourth-order valence-electron chi connectivity index (χ4n) is 4.28. The van der Waals surface area contributed by atoms with Crippen molar-refractivity contribution < 1.29 is 4.52 Å². The highest BCUT2D eigenvalue weighted by Crippen LogP contribution is 2.49. The zero-order chi connectivity index (χ0) is 16.7. The van der Waals surface area contributed by atoms with Gasteiger partial charge in [-0.3, -0.25) is 9.80 Å². The highest BCUT2D eigenvalue weighted by atomic mass is 16.5. The van der Waals surface area contributed by atoms with Crippen LogP contribution in [0.25, 0.3) is 0 Å². The van der Waals surface area contributed by atoms with Crippen LogP contribution in [0.1, 0.15) is 37.0 Å². The zero-order valence-electron chi connectivity index (χ0n) is 14.8. The quantitative estimate of drug-likeness (QED) is 0.864. The lowest BCUT2D eigenvalue weighted by Crippen LogP contribution is -2.61. The van der Waals surface area contributed by atoms with Gasteiger partial charge in [-0.2, -0.15) is 4.98 Å². The molecule has 24 heavy (non-hydrogen) atoms. The van der Waals surface area contributed by atoms with Crippen molar-refractivity contribution in [3.63, 3.8) is 0 Å². The van der Waals surface area contributed by atoms with Crippen molar-refractivity contribution in [2.45, 2.75) is 39.3 Å². The molecule has 0 saturated carbocycles. The summed E-state index contributed by atoms with van der Waals surface area (Å²) in [6, 6.07) is 11.3. The molecule has 1 atom stereocenters. The predicted octanol–water partition coefficient (Wildman–Crippen LogP) is 2.69. The monoisotopic (exact) mass is 326 g/mol. The van der Waals surface area contributed by atoms with Gasteiger partial charge in [0.15, 0.2) is 5.82 Å². The second-order valence-corrected chi connectivity index (χ2v) is 7.75. The Labute approximate surface area is 143 Å². The molecule has 4 rings (SSSR count). The molecule has 2 saturated heterocycles. The number of aromatic nitrogens is 2. The van der Waals surface area contributed by atoms with Crippen LogP contribution in [-0.4, -0.2) is 52.2 Å². The lowest BCUT2D eigenvalue weighted by atomic mass is 9.71. The Morgan fingerprint density at radius 3 is 2.58 bits per heavy atom. The van der Waals surface area contributed by atoms with E-state index in [1.54, 1.807) is 0 Å². The van der Waals surface area contributed by atoms with Crippen molar-refractivity contribution in [2.75, 3.05) is 26.2 Å². The van der Waals surface area contributed by atoms with E-state index in [9.17, 15) is 0 Å². The van der Waals surface area contributed by atoms with Gasteiger partial charge in [-0.05, 0) is 26.3 Å². The minimum atomic E-state index is 0.262. The molecule has 0 N–H and O–H groups in total. The van der Waals surface area contributed by atoms with E-state index in [0.717, 1.165) is 44.4 Å². The second kappa shape index (κ2) is 5.97. The van der Waals surface area contributed by atoms with Crippen LogP contribution in [0.2, 0.25) is 0 Å². The fraction of sp³-hybridized carbons (Fsp3) is 0.579. The van der Waals surface area contributed by atoms with Crippen molar-refractivity contribution in [1.29, 1.82) is 0 Å². The predicted molar refractivity (Wildman–Crippen MR) is 92.6 cm³/mol. The zero-order valence-corrected chi connectivity index (χ0v) is 14.8. The molecule has 1 unspecified atom stereocenters. The van der Waals surface area contributed by atoms with Gasteiger partial charge in [0.05, 0.1) is 5.92 Å². The van der Waals surface area contributed by atoms with Gasteiger partial charge in [-0.15, -0.1) is 0 Å². The average molecular weight is 326 g/mol. The molecule has 3 heterocycles. The molecule has 0 bridgehead atoms. The minimum Gasteiger partial charge on any atom is -0.339 e. The maximum atomic E-state index is 5.57. The Bertz CT molecular complexity index is 690. The van der Waals surface area contributed by atoms with Crippen LogP contribution in [0.4, 0.5) is 0 Å². The number of nitrogens with zero attached hydrogens (tertiary/aromatic N) is 4. The lowest BCUT2D eigenvalue weighted by Gasteiger charge is -2.52. The van der Waals surface area contributed by atoms with E-state index in [1.165, 1.54) is 5.56 Å². The number of rotatable bonds is 4. The van der Waals surface area contributed by atoms with E-state index in [0.29, 0.717) is 12.0 Å². The van der Waals surface area contributed by atoms with Gasteiger partial charge in [0.25, 0.3) is 0 Å². The van der Waals surface area contributed by atoms with E-state index < -0.39 is 0 Å². The van der Waals surface area contributed by atoms with Crippen molar-refractivity contribution in [3.8, 4) is 0 Å². The Hall–Kier alpha value is -1.72. The van der Waals surface area contributed by atoms with Crippen molar-refractivity contribution in [1.82, 2.24) is 19.9 Å². The summed E-state index contributed by atoms with van der Waals surface area (Å²) < 4.78 is 5.57. The smallest absolute Gasteiger partial charge is 0.231 e. The number of benzene rings is 1. The first-order valence-corrected chi connectivity index (χ1v) is 8.86. The molecular formula is C19H26N4O. The average Bonchev–Trinajstić information content (AvgIpc) is 3.10. The van der Waals surface area contributed by atoms with E-state index in [2.05, 4.69) is 64.1 Å². The molecular weight excluding hydrogens is 300 g/mol. The van der Waals surface area contributed by atoms with Crippen LogP contribution in [0.15, 0.2) is 34.9 Å². The van der Waals surface area contributed by atoms with Crippen LogP contribution in [0.5, 0.6) is 0 Å². The van der Waals surface area contributed by atoms with Crippen LogP contribution in [0, 0.1) is 12.3 Å². The molecule has 2 aliphatic heterocycles. The summed E-state index contributed by atoms with van der Waals surface area (Å²) >= 11 is 0. The van der Waals surface area contributed by atoms with Crippen molar-refractivity contribution in [2.24, 2.45) is 5.41 Å². The summed E-state index contributed by atoms with van der Waals surface area (Å²) in [5.74, 6) is 1.91. The van der Waals surface area contributed by atoms with Crippen molar-refractivity contribution in [3.05, 3.63) is 47.6 Å². The normalized spacial score (nSPS) is 23.9. The van der Waals surface area contributed by atoms with Gasteiger partial charge in [0.1, 0.15) is 0 Å². The Balaban J connectivity index is 1.54. The minimum absolute atomic E-state index is 0.262. The highest BCUT2D eigenvalue weighted by Gasteiger charge is 2.56. The molecule has 1 aromatic heterocycles. The third kappa shape index (κ3) is 2.76. The molecule has 128 valence electrons. The van der Waals surface area contributed by atoms with Gasteiger partial charge < -0.3 is 4.52 Å². The Kier molecular flexibility index (Phi) is 3.93. The molecule has 0 radical (unpaired) electrons. The first kappa shape index (κ1) is 15.8. The molecule has 2 aliphatic rings. The Morgan fingerprint density at radius 2 is 1.96 bits per heavy atom. The standard InChI is InChI=1S/C19H26N4O/c1-14(2)23-12-19(13-23)11-22(9-16-7-5-4-6-8-16)10-17(19)18-20-15(3)21-24-18/h4-8,14,17H,9-13H2,1-3H3. The second-order valence-electron chi connectivity index (χ2n) is 7.75. The van der Waals surface area contributed by atoms with Gasteiger partial charge in [-0.25, -0.2) is 0 Å². The van der Waals surface area contributed by atoms with Gasteiger partial charge in [-0.1, -0.05) is 35.5 Å². The maximum Gasteiger partial charge on any atom is 0.231 e. The number of hydrogen-bond acceptors (Lipinski definition) is 5. The molecule has 2 aromatic rings. The summed E-state index contributed by atoms with van der Waals surface area (Å²) in [5, 5.41) is 4.03. The molecule has 1 aromatic carbocycles. The number of aryl methyl sites for hydroxylation is 1. The topological polar surface area (TPSA) is 45.4 Å². The third-order valence-electron chi connectivity index (χ3n) is 5.58. The third-order valence-corrected chi connectivity index (χ3v) is 5.58. The maximum absolute atomic E-state index is 5.57. The van der Waals surface area contributed by atoms with Gasteiger partial charge >= 0.3 is 0 Å². The molecule has 1 spiro atoms. The van der Waals surface area contributed by atoms with E-state index in [-0.39, 0.29) is 5.41 Å². The molecule has 2 fully saturated rings. The largest absolute Gasteiger partial charge is 0.339 e. The number of likely N-dealkylation sites (tertiary alicyclic amines) is 2. The number of hydrogen-bond donors (Lipinski definition) is 0. The molecule has 5 heteroatoms. The van der Waals surface area contributed by atoms with Crippen LogP contribution >= 0.6 is 0 Å². The van der Waals surface area contributed by atoms with E-state index in [1.807, 2.05) is 6.92 Å². The molecule has 0 aliphatic carbocycles. The van der Waals surface area contributed by atoms with Crippen LogP contribution in [0.3, 0.4) is 0 Å². The van der Waals surface area contributed by atoms with Gasteiger partial charge in [0, 0.05) is 44.2 Å². The summed E-state index contributed by atoms with van der Waals surface area (Å²) in [7, 11) is 0. The Morgan fingerprint density at radius 1 is 1.21 bits per heavy atom. The lowest BCUT2D eigenvalue weighted by molar-refractivity contribution is -0.0296. The van der Waals surface area contributed by atoms with Gasteiger partial charge in [0.2, 0.25) is 5.89 Å².